The molecule has 54 valence electrons. The molecule has 1 rings (SSSR count). The highest BCUT2D eigenvalue weighted by Gasteiger charge is 2.06. The Bertz CT molecular complexity index is 232. The van der Waals surface area contributed by atoms with E-state index in [4.69, 9.17) is 15.3 Å². The molecule has 0 aliphatic heterocycles. The van der Waals surface area contributed by atoms with Gasteiger partial charge in [-0.05, 0) is 12.1 Å². The summed E-state index contributed by atoms with van der Waals surface area (Å²) in [5, 5.41) is 26.5. The SMILES string of the molecule is Oc1ccc(S)c(O)c1O. The maximum atomic E-state index is 8.90. The van der Waals surface area contributed by atoms with Crippen molar-refractivity contribution in [2.24, 2.45) is 0 Å². The number of aromatic hydroxyl groups is 3. The highest BCUT2D eigenvalue weighted by atomic mass is 32.1. The van der Waals surface area contributed by atoms with Gasteiger partial charge in [0.2, 0.25) is 5.75 Å². The lowest BCUT2D eigenvalue weighted by molar-refractivity contribution is 0.362. The summed E-state index contributed by atoms with van der Waals surface area (Å²) in [6, 6.07) is 2.63. The molecule has 0 fully saturated rings. The maximum Gasteiger partial charge on any atom is 0.201 e. The highest BCUT2D eigenvalue weighted by Crippen LogP contribution is 2.38. The van der Waals surface area contributed by atoms with Crippen LogP contribution in [0.15, 0.2) is 17.0 Å². The topological polar surface area (TPSA) is 60.7 Å². The maximum absolute atomic E-state index is 8.90. The Balaban J connectivity index is 3.34. The fourth-order valence-corrected chi connectivity index (χ4v) is 0.739. The molecule has 1 aromatic carbocycles. The second-order valence-electron chi connectivity index (χ2n) is 1.80. The third kappa shape index (κ3) is 0.974. The van der Waals surface area contributed by atoms with E-state index in [-0.39, 0.29) is 10.6 Å². The van der Waals surface area contributed by atoms with Crippen LogP contribution in [0, 0.1) is 0 Å². The molecule has 0 amide bonds. The van der Waals surface area contributed by atoms with E-state index in [0.29, 0.717) is 0 Å². The molecule has 4 heteroatoms. The van der Waals surface area contributed by atoms with Crippen LogP contribution in [-0.2, 0) is 0 Å². The minimum absolute atomic E-state index is 0.232. The molecule has 0 bridgehead atoms. The van der Waals surface area contributed by atoms with Crippen LogP contribution in [0.3, 0.4) is 0 Å². The predicted octanol–water partition coefficient (Wildman–Crippen LogP) is 1.09. The summed E-state index contributed by atoms with van der Waals surface area (Å²) in [5.41, 5.74) is 0. The van der Waals surface area contributed by atoms with Crippen molar-refractivity contribution in [3.05, 3.63) is 12.1 Å². The number of phenolic OH excluding ortho intramolecular Hbond substituents is 3. The molecule has 0 radical (unpaired) electrons. The van der Waals surface area contributed by atoms with Gasteiger partial charge in [-0.2, -0.15) is 0 Å². The van der Waals surface area contributed by atoms with E-state index in [9.17, 15) is 0 Å². The van der Waals surface area contributed by atoms with E-state index in [0.717, 1.165) is 0 Å². The van der Waals surface area contributed by atoms with Crippen molar-refractivity contribution >= 4 is 12.6 Å². The molecular formula is C6H6O3S. The third-order valence-electron chi connectivity index (χ3n) is 1.11. The average Bonchev–Trinajstić information content (AvgIpc) is 1.93. The predicted molar refractivity (Wildman–Crippen MR) is 38.7 cm³/mol. The van der Waals surface area contributed by atoms with Gasteiger partial charge in [-0.25, -0.2) is 0 Å². The van der Waals surface area contributed by atoms with Crippen molar-refractivity contribution in [2.75, 3.05) is 0 Å². The summed E-state index contributed by atoms with van der Waals surface area (Å²) >= 11 is 3.79. The van der Waals surface area contributed by atoms with Crippen molar-refractivity contribution in [2.45, 2.75) is 4.90 Å². The van der Waals surface area contributed by atoms with Crippen LogP contribution < -0.4 is 0 Å². The molecule has 0 unspecified atom stereocenters. The van der Waals surface area contributed by atoms with Crippen LogP contribution in [0.5, 0.6) is 17.2 Å². The quantitative estimate of drug-likeness (QED) is 0.337. The van der Waals surface area contributed by atoms with Crippen LogP contribution in [0.25, 0.3) is 0 Å². The molecule has 0 atom stereocenters. The summed E-state index contributed by atoms with van der Waals surface area (Å²) in [7, 11) is 0. The Labute approximate surface area is 63.0 Å². The van der Waals surface area contributed by atoms with Gasteiger partial charge in [0.05, 0.1) is 4.90 Å². The molecule has 0 spiro atoms. The van der Waals surface area contributed by atoms with E-state index < -0.39 is 11.5 Å². The zero-order valence-corrected chi connectivity index (χ0v) is 5.84. The lowest BCUT2D eigenvalue weighted by Crippen LogP contribution is -1.72. The van der Waals surface area contributed by atoms with Gasteiger partial charge in [0.15, 0.2) is 11.5 Å². The molecule has 0 saturated heterocycles. The van der Waals surface area contributed by atoms with Crippen LogP contribution in [0.2, 0.25) is 0 Å². The number of rotatable bonds is 0. The van der Waals surface area contributed by atoms with Gasteiger partial charge in [-0.3, -0.25) is 0 Å². The van der Waals surface area contributed by atoms with Gasteiger partial charge >= 0.3 is 0 Å². The van der Waals surface area contributed by atoms with Crippen molar-refractivity contribution < 1.29 is 15.3 Å². The second kappa shape index (κ2) is 2.30. The fraction of sp³-hybridized carbons (Fsp3) is 0. The van der Waals surface area contributed by atoms with Crippen LogP contribution in [0.1, 0.15) is 0 Å². The molecule has 0 heterocycles. The number of thiol groups is 1. The molecule has 0 aliphatic rings. The smallest absolute Gasteiger partial charge is 0.201 e. The lowest BCUT2D eigenvalue weighted by Gasteiger charge is -2.00. The average molecular weight is 158 g/mol. The first-order valence-electron chi connectivity index (χ1n) is 2.56. The van der Waals surface area contributed by atoms with Gasteiger partial charge < -0.3 is 15.3 Å². The molecule has 0 aromatic heterocycles. The molecule has 1 aromatic rings. The molecule has 0 saturated carbocycles. The number of hydrogen-bond donors (Lipinski definition) is 4. The van der Waals surface area contributed by atoms with E-state index in [2.05, 4.69) is 12.6 Å². The van der Waals surface area contributed by atoms with Gasteiger partial charge in [-0.1, -0.05) is 0 Å². The van der Waals surface area contributed by atoms with Gasteiger partial charge in [-0.15, -0.1) is 12.6 Å². The summed E-state index contributed by atoms with van der Waals surface area (Å²) in [5.74, 6) is -1.29. The Morgan fingerprint density at radius 2 is 1.60 bits per heavy atom. The highest BCUT2D eigenvalue weighted by molar-refractivity contribution is 7.80. The van der Waals surface area contributed by atoms with Gasteiger partial charge in [0.1, 0.15) is 0 Å². The van der Waals surface area contributed by atoms with Crippen molar-refractivity contribution in [3.8, 4) is 17.2 Å². The second-order valence-corrected chi connectivity index (χ2v) is 2.28. The van der Waals surface area contributed by atoms with Gasteiger partial charge in [0, 0.05) is 0 Å². The zero-order valence-electron chi connectivity index (χ0n) is 4.94. The Hall–Kier alpha value is -1.03. The summed E-state index contributed by atoms with van der Waals surface area (Å²) in [4.78, 5) is 0.232. The van der Waals surface area contributed by atoms with Crippen molar-refractivity contribution in [1.29, 1.82) is 0 Å². The van der Waals surface area contributed by atoms with E-state index in [1.165, 1.54) is 12.1 Å². The minimum atomic E-state index is -0.535. The van der Waals surface area contributed by atoms with Crippen LogP contribution >= 0.6 is 12.6 Å². The first-order chi connectivity index (χ1) is 4.63. The minimum Gasteiger partial charge on any atom is -0.504 e. The zero-order chi connectivity index (χ0) is 7.72. The molecule has 0 aliphatic carbocycles. The first-order valence-corrected chi connectivity index (χ1v) is 3.00. The Morgan fingerprint density at radius 1 is 1.00 bits per heavy atom. The van der Waals surface area contributed by atoms with Crippen molar-refractivity contribution in [1.82, 2.24) is 0 Å². The number of hydrogen-bond acceptors (Lipinski definition) is 4. The summed E-state index contributed by atoms with van der Waals surface area (Å²) in [6.07, 6.45) is 0. The van der Waals surface area contributed by atoms with E-state index in [1.54, 1.807) is 0 Å². The standard InChI is InChI=1S/C6H6O3S/c7-3-1-2-4(10)6(9)5(3)8/h1-2,7-10H. The third-order valence-corrected chi connectivity index (χ3v) is 1.47. The number of phenols is 3. The largest absolute Gasteiger partial charge is 0.504 e. The first kappa shape index (κ1) is 7.08. The molecule has 10 heavy (non-hydrogen) atoms. The normalized spacial score (nSPS) is 9.70. The van der Waals surface area contributed by atoms with Gasteiger partial charge in [0.25, 0.3) is 0 Å². The molecular weight excluding hydrogens is 152 g/mol. The van der Waals surface area contributed by atoms with Crippen LogP contribution in [0.4, 0.5) is 0 Å². The molecule has 3 N–H and O–H groups in total. The fourth-order valence-electron chi connectivity index (χ4n) is 0.558. The van der Waals surface area contributed by atoms with E-state index in [1.807, 2.05) is 0 Å². The van der Waals surface area contributed by atoms with E-state index >= 15 is 0 Å². The summed E-state index contributed by atoms with van der Waals surface area (Å²) in [6.45, 7) is 0. The lowest BCUT2D eigenvalue weighted by atomic mass is 10.3. The number of benzene rings is 1. The van der Waals surface area contributed by atoms with Crippen molar-refractivity contribution in [3.63, 3.8) is 0 Å². The summed E-state index contributed by atoms with van der Waals surface area (Å²) < 4.78 is 0. The Morgan fingerprint density at radius 3 is 2.10 bits per heavy atom. The Kier molecular flexibility index (Phi) is 1.63. The molecule has 3 nitrogen and oxygen atoms in total. The van der Waals surface area contributed by atoms with Crippen LogP contribution in [-0.4, -0.2) is 15.3 Å². The monoisotopic (exact) mass is 158 g/mol.